The van der Waals surface area contributed by atoms with E-state index in [1.54, 1.807) is 30.5 Å². The highest BCUT2D eigenvalue weighted by molar-refractivity contribution is 5.98. The number of para-hydroxylation sites is 1. The summed E-state index contributed by atoms with van der Waals surface area (Å²) < 4.78 is 0. The molecule has 8 amide bonds. The van der Waals surface area contributed by atoms with Crippen molar-refractivity contribution < 1.29 is 63.6 Å². The molecule has 3 rings (SSSR count). The number of aliphatic hydroxyl groups excluding tert-OH is 2. The third-order valence-electron chi connectivity index (χ3n) is 10.3. The number of aromatic amines is 1. The minimum Gasteiger partial charge on any atom is -0.508 e. The number of phenolic OH excluding ortho intramolecular Hbond substituents is 1. The second kappa shape index (κ2) is 27.0. The van der Waals surface area contributed by atoms with Crippen LogP contribution in [0.2, 0.25) is 0 Å². The van der Waals surface area contributed by atoms with Crippen LogP contribution in [0, 0.1) is 0 Å². The Balaban J connectivity index is 1.97. The third kappa shape index (κ3) is 17.9. The van der Waals surface area contributed by atoms with Gasteiger partial charge in [-0.15, -0.1) is 0 Å². The first-order chi connectivity index (χ1) is 32.2. The topological polar surface area (TPSA) is 465 Å². The van der Waals surface area contributed by atoms with Gasteiger partial charge in [0, 0.05) is 49.3 Å². The molecule has 0 fully saturated rings. The van der Waals surface area contributed by atoms with E-state index in [-0.39, 0.29) is 56.8 Å². The number of carboxylic acids is 1. The van der Waals surface area contributed by atoms with E-state index in [0.29, 0.717) is 22.0 Å². The predicted octanol–water partition coefficient (Wildman–Crippen LogP) is -5.45. The van der Waals surface area contributed by atoms with E-state index in [4.69, 9.17) is 28.7 Å². The molecular formula is C42H59N13O13. The number of hydrogen-bond acceptors (Lipinski definition) is 14. The number of guanidine groups is 1. The molecule has 26 heteroatoms. The van der Waals surface area contributed by atoms with E-state index >= 15 is 0 Å². The van der Waals surface area contributed by atoms with E-state index < -0.39 is 122 Å². The molecule has 0 saturated heterocycles. The number of nitrogens with one attached hydrogen (secondary N) is 7. The first-order valence-corrected chi connectivity index (χ1v) is 21.2. The molecule has 21 N–H and O–H groups in total. The number of nitrogens with two attached hydrogens (primary N) is 5. The number of amides is 8. The van der Waals surface area contributed by atoms with Crippen LogP contribution in [0.25, 0.3) is 10.9 Å². The fourth-order valence-corrected chi connectivity index (χ4v) is 6.58. The first kappa shape index (κ1) is 54.5. The van der Waals surface area contributed by atoms with E-state index in [1.807, 2.05) is 0 Å². The summed E-state index contributed by atoms with van der Waals surface area (Å²) in [5, 5.41) is 54.6. The average Bonchev–Trinajstić information content (AvgIpc) is 3.70. The minimum atomic E-state index is -1.78. The highest BCUT2D eigenvalue weighted by atomic mass is 16.4. The van der Waals surface area contributed by atoms with Gasteiger partial charge in [0.2, 0.25) is 47.3 Å². The van der Waals surface area contributed by atoms with E-state index in [1.165, 1.54) is 24.3 Å². The molecule has 0 aliphatic heterocycles. The number of fused-ring (bicyclic) bond motifs is 1. The molecule has 0 aliphatic rings. The number of carboxylic acid groups (broad SMARTS) is 1. The summed E-state index contributed by atoms with van der Waals surface area (Å²) in [5.74, 6) is -9.60. The van der Waals surface area contributed by atoms with Crippen LogP contribution in [-0.4, -0.2) is 147 Å². The Morgan fingerprint density at radius 3 is 1.63 bits per heavy atom. The van der Waals surface area contributed by atoms with Crippen molar-refractivity contribution in [2.24, 2.45) is 33.7 Å². The Kier molecular flexibility index (Phi) is 21.6. The number of H-pyrrole nitrogens is 1. The molecular weight excluding hydrogens is 895 g/mol. The maximum Gasteiger partial charge on any atom is 0.326 e. The number of primary amides is 2. The van der Waals surface area contributed by atoms with Gasteiger partial charge in [0.1, 0.15) is 42.0 Å². The monoisotopic (exact) mass is 953 g/mol. The lowest BCUT2D eigenvalue weighted by Crippen LogP contribution is -2.61. The molecule has 0 bridgehead atoms. The quantitative estimate of drug-likeness (QED) is 0.0175. The van der Waals surface area contributed by atoms with Gasteiger partial charge in [0.25, 0.3) is 0 Å². The number of aromatic nitrogens is 1. The number of phenols is 1. The van der Waals surface area contributed by atoms with Crippen LogP contribution in [0.3, 0.4) is 0 Å². The van der Waals surface area contributed by atoms with Crippen molar-refractivity contribution in [3.63, 3.8) is 0 Å². The number of aromatic hydroxyl groups is 1. The Hall–Kier alpha value is -7.84. The van der Waals surface area contributed by atoms with Gasteiger partial charge < -0.3 is 86.0 Å². The van der Waals surface area contributed by atoms with Crippen LogP contribution >= 0.6 is 0 Å². The van der Waals surface area contributed by atoms with Gasteiger partial charge in [0.05, 0.1) is 19.3 Å². The molecule has 0 unspecified atom stereocenters. The number of carbonyl (C=O) groups is 9. The molecule has 1 heterocycles. The van der Waals surface area contributed by atoms with Crippen LogP contribution < -0.4 is 60.6 Å². The number of rotatable bonds is 29. The van der Waals surface area contributed by atoms with Gasteiger partial charge >= 0.3 is 5.97 Å². The molecule has 7 atom stereocenters. The fraction of sp³-hybridized carbons (Fsp3) is 0.429. The van der Waals surface area contributed by atoms with E-state index in [0.717, 1.165) is 0 Å². The SMILES string of the molecule is NC(=O)CC[C@H](NC(=O)[C@H](CO)NC(=O)[C@H](Cc1ccc(O)cc1)NC(=O)[C@H](CCCN=C(N)N)NC(=O)[C@H](Cc1c[nH]c2ccccc12)NC(=O)[C@H](CO)NC(=O)[C@@H](N)CCC(N)=O)C(=O)O. The number of aliphatic carboxylic acids is 1. The molecule has 0 spiro atoms. The van der Waals surface area contributed by atoms with Crippen molar-refractivity contribution in [1.29, 1.82) is 0 Å². The summed E-state index contributed by atoms with van der Waals surface area (Å²) in [6, 6.07) is 1.53. The van der Waals surface area contributed by atoms with Crippen LogP contribution in [0.4, 0.5) is 0 Å². The van der Waals surface area contributed by atoms with Crippen molar-refractivity contribution in [2.75, 3.05) is 19.8 Å². The summed E-state index contributed by atoms with van der Waals surface area (Å²) in [6.45, 7) is -2.02. The molecule has 370 valence electrons. The number of aliphatic hydroxyl groups is 2. The smallest absolute Gasteiger partial charge is 0.326 e. The number of aliphatic imine (C=N–C) groups is 1. The maximum absolute atomic E-state index is 14.4. The molecule has 0 radical (unpaired) electrons. The summed E-state index contributed by atoms with van der Waals surface area (Å²) in [5.41, 5.74) is 28.7. The summed E-state index contributed by atoms with van der Waals surface area (Å²) in [4.78, 5) is 123. The fourth-order valence-electron chi connectivity index (χ4n) is 6.58. The Morgan fingerprint density at radius 2 is 1.07 bits per heavy atom. The zero-order valence-electron chi connectivity index (χ0n) is 36.8. The minimum absolute atomic E-state index is 0.0293. The lowest BCUT2D eigenvalue weighted by atomic mass is 10.0. The Bertz CT molecular complexity index is 2280. The van der Waals surface area contributed by atoms with Crippen molar-refractivity contribution in [2.45, 2.75) is 93.7 Å². The van der Waals surface area contributed by atoms with Crippen LogP contribution in [0.15, 0.2) is 59.7 Å². The van der Waals surface area contributed by atoms with Crippen molar-refractivity contribution in [3.05, 3.63) is 65.9 Å². The summed E-state index contributed by atoms with van der Waals surface area (Å²) in [7, 11) is 0. The van der Waals surface area contributed by atoms with Crippen LogP contribution in [0.1, 0.15) is 49.7 Å². The number of benzene rings is 2. The van der Waals surface area contributed by atoms with E-state index in [9.17, 15) is 63.6 Å². The van der Waals surface area contributed by atoms with E-state index in [2.05, 4.69) is 41.9 Å². The van der Waals surface area contributed by atoms with Gasteiger partial charge in [-0.2, -0.15) is 0 Å². The van der Waals surface area contributed by atoms with Gasteiger partial charge in [-0.3, -0.25) is 43.3 Å². The normalized spacial score (nSPS) is 14.0. The van der Waals surface area contributed by atoms with Crippen LogP contribution in [-0.2, 0) is 56.0 Å². The second-order valence-corrected chi connectivity index (χ2v) is 15.6. The highest BCUT2D eigenvalue weighted by Crippen LogP contribution is 2.20. The van der Waals surface area contributed by atoms with Gasteiger partial charge in [-0.25, -0.2) is 4.79 Å². The van der Waals surface area contributed by atoms with Crippen molar-refractivity contribution in [1.82, 2.24) is 36.9 Å². The zero-order valence-corrected chi connectivity index (χ0v) is 36.8. The molecule has 26 nitrogen and oxygen atoms in total. The standard InChI is InChI=1S/C42H59N13O13/c43-25(11-13-33(44)59)35(61)54-31(19-56)40(66)53-30(17-22-18-49-26-5-2-1-4-24(22)26)38(64)50-27(6-3-15-48-42(46)47)36(62)52-29(16-21-7-9-23(58)10-8-21)37(63)55-32(20-57)39(65)51-28(41(67)68)12-14-34(45)60/h1-2,4-5,7-10,18,25,27-32,49,56-58H,3,6,11-17,19-20,43H2,(H2,44,59)(H2,45,60)(H,50,64)(H,51,65)(H,52,62)(H,53,66)(H,54,61)(H,55,63)(H,67,68)(H4,46,47,48)/t25-,27-,28-,29-,30-,31-,32-/m0/s1. The lowest BCUT2D eigenvalue weighted by molar-refractivity contribution is -0.143. The summed E-state index contributed by atoms with van der Waals surface area (Å²) in [6.07, 6.45) is -0.266. The molecule has 68 heavy (non-hydrogen) atoms. The number of hydrogen-bond donors (Lipinski definition) is 16. The molecule has 2 aromatic carbocycles. The Labute approximate surface area is 388 Å². The molecule has 0 aliphatic carbocycles. The summed E-state index contributed by atoms with van der Waals surface area (Å²) >= 11 is 0. The predicted molar refractivity (Wildman–Crippen MR) is 242 cm³/mol. The zero-order chi connectivity index (χ0) is 50.5. The number of carbonyl (C=O) groups excluding carboxylic acids is 8. The molecule has 3 aromatic rings. The van der Waals surface area contributed by atoms with Gasteiger partial charge in [0.15, 0.2) is 5.96 Å². The maximum atomic E-state index is 14.4. The largest absolute Gasteiger partial charge is 0.508 e. The van der Waals surface area contributed by atoms with Crippen molar-refractivity contribution in [3.8, 4) is 5.75 Å². The van der Waals surface area contributed by atoms with Gasteiger partial charge in [-0.05, 0) is 55.0 Å². The van der Waals surface area contributed by atoms with Gasteiger partial charge in [-0.1, -0.05) is 30.3 Å². The molecule has 1 aromatic heterocycles. The highest BCUT2D eigenvalue weighted by Gasteiger charge is 2.34. The molecule has 0 saturated carbocycles. The van der Waals surface area contributed by atoms with Crippen LogP contribution in [0.5, 0.6) is 5.75 Å². The average molecular weight is 954 g/mol. The van der Waals surface area contributed by atoms with Crippen molar-refractivity contribution >= 4 is 70.1 Å². The number of nitrogens with zero attached hydrogens (tertiary/aromatic N) is 1. The second-order valence-electron chi connectivity index (χ2n) is 15.6. The third-order valence-corrected chi connectivity index (χ3v) is 10.3. The first-order valence-electron chi connectivity index (χ1n) is 21.2. The lowest BCUT2D eigenvalue weighted by Gasteiger charge is -2.27. The Morgan fingerprint density at radius 1 is 0.588 bits per heavy atom.